The highest BCUT2D eigenvalue weighted by Crippen LogP contribution is 2.28. The second kappa shape index (κ2) is 10.4. The number of amides is 1. The van der Waals surface area contributed by atoms with Crippen LogP contribution in [0.25, 0.3) is 6.08 Å². The molecule has 0 bridgehead atoms. The second-order valence-electron chi connectivity index (χ2n) is 6.58. The molecule has 0 fully saturated rings. The van der Waals surface area contributed by atoms with E-state index < -0.39 is 17.7 Å². The lowest BCUT2D eigenvalue weighted by atomic mass is 10.1. The fourth-order valence-electron chi connectivity index (χ4n) is 2.70. The Bertz CT molecular complexity index is 1230. The Morgan fingerprint density at radius 1 is 1.12 bits per heavy atom. The second-order valence-corrected chi connectivity index (χ2v) is 7.44. The summed E-state index contributed by atoms with van der Waals surface area (Å²) >= 11 is 3.40. The lowest BCUT2D eigenvalue weighted by molar-refractivity contribution is -0.112. The van der Waals surface area contributed by atoms with Crippen LogP contribution >= 0.6 is 15.9 Å². The molecule has 0 spiro atoms. The molecule has 0 saturated heterocycles. The smallest absolute Gasteiger partial charge is 0.335 e. The molecule has 3 aromatic rings. The summed E-state index contributed by atoms with van der Waals surface area (Å²) in [6.45, 7) is 0.224. The van der Waals surface area contributed by atoms with Crippen molar-refractivity contribution < 1.29 is 23.8 Å². The van der Waals surface area contributed by atoms with Crippen molar-refractivity contribution in [3.63, 3.8) is 0 Å². The standard InChI is InChI=1S/C24H16BrFN2O4/c25-19-12-16(11-18(13-27)23(29)28-21-4-2-1-3-20(21)26)7-10-22(19)32-14-15-5-8-17(9-6-15)24(30)31/h1-12H,14H2,(H,28,29)(H,30,31)/b18-11-. The number of hydrogen-bond acceptors (Lipinski definition) is 4. The molecule has 3 rings (SSSR count). The molecule has 0 aromatic heterocycles. The topological polar surface area (TPSA) is 99.4 Å². The molecule has 6 nitrogen and oxygen atoms in total. The first kappa shape index (κ1) is 22.7. The average molecular weight is 495 g/mol. The Morgan fingerprint density at radius 2 is 1.84 bits per heavy atom. The Labute approximate surface area is 191 Å². The minimum absolute atomic E-state index is 0.0139. The Kier molecular flexibility index (Phi) is 7.37. The summed E-state index contributed by atoms with van der Waals surface area (Å²) in [5, 5.41) is 20.7. The molecule has 0 atom stereocenters. The van der Waals surface area contributed by atoms with Gasteiger partial charge in [0.1, 0.15) is 29.8 Å². The van der Waals surface area contributed by atoms with Crippen molar-refractivity contribution in [2.75, 3.05) is 5.32 Å². The molecule has 1 amide bonds. The molecule has 0 radical (unpaired) electrons. The first-order chi connectivity index (χ1) is 15.4. The van der Waals surface area contributed by atoms with Crippen LogP contribution in [0.2, 0.25) is 0 Å². The van der Waals surface area contributed by atoms with Crippen LogP contribution in [0.1, 0.15) is 21.5 Å². The fraction of sp³-hybridized carbons (Fsp3) is 0.0417. The predicted octanol–water partition coefficient (Wildman–Crippen LogP) is 5.41. The van der Waals surface area contributed by atoms with Crippen molar-refractivity contribution in [2.24, 2.45) is 0 Å². The maximum absolute atomic E-state index is 13.7. The number of carboxylic acids is 1. The minimum atomic E-state index is -0.997. The highest BCUT2D eigenvalue weighted by molar-refractivity contribution is 9.10. The molecule has 0 saturated carbocycles. The summed E-state index contributed by atoms with van der Waals surface area (Å²) in [6.07, 6.45) is 1.38. The maximum Gasteiger partial charge on any atom is 0.335 e. The van der Waals surface area contributed by atoms with Crippen molar-refractivity contribution in [1.82, 2.24) is 0 Å². The number of aromatic carboxylic acids is 1. The van der Waals surface area contributed by atoms with Gasteiger partial charge in [-0.25, -0.2) is 9.18 Å². The summed E-state index contributed by atoms with van der Waals surface area (Å²) in [5.41, 5.74) is 1.35. The lowest BCUT2D eigenvalue weighted by Crippen LogP contribution is -2.14. The van der Waals surface area contributed by atoms with Crippen LogP contribution in [0.15, 0.2) is 76.8 Å². The van der Waals surface area contributed by atoms with Gasteiger partial charge in [-0.1, -0.05) is 30.3 Å². The number of anilines is 1. The summed E-state index contributed by atoms with van der Waals surface area (Å²) in [6, 6.07) is 18.9. The number of benzene rings is 3. The molecule has 2 N–H and O–H groups in total. The van der Waals surface area contributed by atoms with Gasteiger partial charge >= 0.3 is 5.97 Å². The minimum Gasteiger partial charge on any atom is -0.488 e. The maximum atomic E-state index is 13.7. The van der Waals surface area contributed by atoms with Crippen molar-refractivity contribution in [3.8, 4) is 11.8 Å². The van der Waals surface area contributed by atoms with Crippen LogP contribution in [0.4, 0.5) is 10.1 Å². The van der Waals surface area contributed by atoms with E-state index in [1.165, 1.54) is 36.4 Å². The number of hydrogen-bond donors (Lipinski definition) is 2. The Hall–Kier alpha value is -3.96. The van der Waals surface area contributed by atoms with Gasteiger partial charge in [-0.2, -0.15) is 5.26 Å². The number of carbonyl (C=O) groups is 2. The van der Waals surface area contributed by atoms with Crippen molar-refractivity contribution in [1.29, 1.82) is 5.26 Å². The van der Waals surface area contributed by atoms with Gasteiger partial charge in [0, 0.05) is 0 Å². The third kappa shape index (κ3) is 5.80. The van der Waals surface area contributed by atoms with Crippen LogP contribution in [0.3, 0.4) is 0 Å². The molecule has 0 aliphatic heterocycles. The van der Waals surface area contributed by atoms with Gasteiger partial charge in [0.15, 0.2) is 0 Å². The van der Waals surface area contributed by atoms with E-state index in [0.717, 1.165) is 5.56 Å². The van der Waals surface area contributed by atoms with E-state index in [2.05, 4.69) is 21.2 Å². The number of halogens is 2. The SMILES string of the molecule is N#C/C(=C/c1ccc(OCc2ccc(C(=O)O)cc2)c(Br)c1)C(=O)Nc1ccccc1F. The lowest BCUT2D eigenvalue weighted by Gasteiger charge is -2.10. The molecular formula is C24H16BrFN2O4. The number of para-hydroxylation sites is 1. The van der Waals surface area contributed by atoms with E-state index in [4.69, 9.17) is 9.84 Å². The number of nitriles is 1. The van der Waals surface area contributed by atoms with Crippen LogP contribution in [0.5, 0.6) is 5.75 Å². The van der Waals surface area contributed by atoms with E-state index in [9.17, 15) is 19.2 Å². The number of nitrogens with one attached hydrogen (secondary N) is 1. The number of carboxylic acid groups (broad SMARTS) is 1. The number of rotatable bonds is 7. The summed E-state index contributed by atoms with van der Waals surface area (Å²) < 4.78 is 20.1. The summed E-state index contributed by atoms with van der Waals surface area (Å²) in [4.78, 5) is 23.2. The third-order valence-corrected chi connectivity index (χ3v) is 4.97. The molecule has 8 heteroatoms. The highest BCUT2D eigenvalue weighted by atomic mass is 79.9. The van der Waals surface area contributed by atoms with Gasteiger partial charge < -0.3 is 15.2 Å². The highest BCUT2D eigenvalue weighted by Gasteiger charge is 2.12. The molecule has 0 heterocycles. The monoisotopic (exact) mass is 494 g/mol. The van der Waals surface area contributed by atoms with Gasteiger partial charge in [0.2, 0.25) is 0 Å². The normalized spacial score (nSPS) is 10.8. The van der Waals surface area contributed by atoms with Gasteiger partial charge in [-0.3, -0.25) is 4.79 Å². The predicted molar refractivity (Wildman–Crippen MR) is 120 cm³/mol. The van der Waals surface area contributed by atoms with Crippen LogP contribution in [-0.4, -0.2) is 17.0 Å². The van der Waals surface area contributed by atoms with E-state index in [-0.39, 0.29) is 23.4 Å². The van der Waals surface area contributed by atoms with Gasteiger partial charge in [-0.05, 0) is 69.5 Å². The number of ether oxygens (including phenoxy) is 1. The first-order valence-electron chi connectivity index (χ1n) is 9.29. The summed E-state index contributed by atoms with van der Waals surface area (Å²) in [7, 11) is 0. The van der Waals surface area contributed by atoms with Crippen molar-refractivity contribution in [3.05, 3.63) is 99.3 Å². The molecular weight excluding hydrogens is 479 g/mol. The molecule has 32 heavy (non-hydrogen) atoms. The Morgan fingerprint density at radius 3 is 2.47 bits per heavy atom. The van der Waals surface area contributed by atoms with Gasteiger partial charge in [-0.15, -0.1) is 0 Å². The summed E-state index contributed by atoms with van der Waals surface area (Å²) in [5.74, 6) is -1.79. The van der Waals surface area contributed by atoms with Crippen LogP contribution < -0.4 is 10.1 Å². The first-order valence-corrected chi connectivity index (χ1v) is 10.1. The number of nitrogens with zero attached hydrogens (tertiary/aromatic N) is 1. The zero-order chi connectivity index (χ0) is 23.1. The average Bonchev–Trinajstić information content (AvgIpc) is 2.78. The number of carbonyl (C=O) groups excluding carboxylic acids is 1. The van der Waals surface area contributed by atoms with Crippen LogP contribution in [-0.2, 0) is 11.4 Å². The largest absolute Gasteiger partial charge is 0.488 e. The Balaban J connectivity index is 1.69. The third-order valence-electron chi connectivity index (χ3n) is 4.35. The van der Waals surface area contributed by atoms with E-state index in [1.807, 2.05) is 6.07 Å². The quantitative estimate of drug-likeness (QED) is 0.337. The van der Waals surface area contributed by atoms with Gasteiger partial charge in [0.05, 0.1) is 15.7 Å². The zero-order valence-electron chi connectivity index (χ0n) is 16.5. The van der Waals surface area contributed by atoms with E-state index in [1.54, 1.807) is 36.4 Å². The van der Waals surface area contributed by atoms with Gasteiger partial charge in [0.25, 0.3) is 5.91 Å². The molecule has 0 aliphatic carbocycles. The molecule has 160 valence electrons. The molecule has 3 aromatic carbocycles. The van der Waals surface area contributed by atoms with Crippen molar-refractivity contribution in [2.45, 2.75) is 6.61 Å². The zero-order valence-corrected chi connectivity index (χ0v) is 18.1. The van der Waals surface area contributed by atoms with Crippen LogP contribution in [0, 0.1) is 17.1 Å². The van der Waals surface area contributed by atoms with E-state index in [0.29, 0.717) is 15.8 Å². The molecule has 0 unspecified atom stereocenters. The van der Waals surface area contributed by atoms with E-state index >= 15 is 0 Å². The van der Waals surface area contributed by atoms with Crippen molar-refractivity contribution >= 4 is 39.6 Å². The fourth-order valence-corrected chi connectivity index (χ4v) is 3.21. The molecule has 0 aliphatic rings.